The quantitative estimate of drug-likeness (QED) is 0.919. The van der Waals surface area contributed by atoms with Gasteiger partial charge in [-0.3, -0.25) is 4.90 Å². The molecule has 0 unspecified atom stereocenters. The summed E-state index contributed by atoms with van der Waals surface area (Å²) in [6.45, 7) is 4.39. The molecular formula is C15H18F3N3. The van der Waals surface area contributed by atoms with Crippen LogP contribution in [0.5, 0.6) is 0 Å². The largest absolute Gasteiger partial charge is 0.418 e. The van der Waals surface area contributed by atoms with Crippen LogP contribution in [0.15, 0.2) is 24.3 Å². The first-order chi connectivity index (χ1) is 9.97. The van der Waals surface area contributed by atoms with Gasteiger partial charge in [0.1, 0.15) is 0 Å². The van der Waals surface area contributed by atoms with E-state index in [1.807, 2.05) is 6.07 Å². The van der Waals surface area contributed by atoms with Crippen LogP contribution in [-0.2, 0) is 19.8 Å². The van der Waals surface area contributed by atoms with Crippen molar-refractivity contribution in [1.29, 1.82) is 0 Å². The van der Waals surface area contributed by atoms with Crippen LogP contribution in [0.1, 0.15) is 11.3 Å². The molecular weight excluding hydrogens is 279 g/mol. The number of piperazine rings is 1. The summed E-state index contributed by atoms with van der Waals surface area (Å²) < 4.78 is 41.1. The normalized spacial score (nSPS) is 17.5. The van der Waals surface area contributed by atoms with Crippen molar-refractivity contribution in [2.75, 3.05) is 26.2 Å². The fourth-order valence-electron chi connectivity index (χ4n) is 2.95. The molecule has 0 atom stereocenters. The molecule has 0 aliphatic carbocycles. The van der Waals surface area contributed by atoms with Gasteiger partial charge in [-0.2, -0.15) is 13.2 Å². The third kappa shape index (κ3) is 2.78. The Morgan fingerprint density at radius 3 is 2.57 bits per heavy atom. The number of nitrogens with zero attached hydrogens (tertiary/aromatic N) is 2. The van der Waals surface area contributed by atoms with Crippen LogP contribution in [0.3, 0.4) is 0 Å². The summed E-state index contributed by atoms with van der Waals surface area (Å²) in [5.41, 5.74) is 0.632. The Morgan fingerprint density at radius 2 is 1.90 bits per heavy atom. The maximum atomic E-state index is 13.1. The first-order valence-corrected chi connectivity index (χ1v) is 7.04. The van der Waals surface area contributed by atoms with E-state index in [1.54, 1.807) is 17.7 Å². The Balaban J connectivity index is 1.99. The van der Waals surface area contributed by atoms with Gasteiger partial charge in [0.15, 0.2) is 0 Å². The molecule has 1 saturated heterocycles. The molecule has 1 N–H and O–H groups in total. The zero-order valence-electron chi connectivity index (χ0n) is 11.9. The second kappa shape index (κ2) is 5.35. The Bertz CT molecular complexity index is 639. The fourth-order valence-corrected chi connectivity index (χ4v) is 2.95. The van der Waals surface area contributed by atoms with Crippen molar-refractivity contribution in [2.24, 2.45) is 7.05 Å². The fraction of sp³-hybridized carbons (Fsp3) is 0.467. The molecule has 114 valence electrons. The SMILES string of the molecule is Cn1c(CN2CCNCC2)cc2cccc(C(F)(F)F)c21. The monoisotopic (exact) mass is 297 g/mol. The van der Waals surface area contributed by atoms with Gasteiger partial charge in [-0.05, 0) is 12.1 Å². The van der Waals surface area contributed by atoms with E-state index >= 15 is 0 Å². The lowest BCUT2D eigenvalue weighted by Gasteiger charge is -2.27. The van der Waals surface area contributed by atoms with E-state index in [-0.39, 0.29) is 5.52 Å². The summed E-state index contributed by atoms with van der Waals surface area (Å²) in [7, 11) is 1.72. The molecule has 1 aliphatic rings. The zero-order chi connectivity index (χ0) is 15.0. The summed E-state index contributed by atoms with van der Waals surface area (Å²) >= 11 is 0. The lowest BCUT2D eigenvalue weighted by molar-refractivity contribution is -0.136. The van der Waals surface area contributed by atoms with Crippen molar-refractivity contribution in [1.82, 2.24) is 14.8 Å². The van der Waals surface area contributed by atoms with Crippen molar-refractivity contribution in [2.45, 2.75) is 12.7 Å². The molecule has 1 fully saturated rings. The van der Waals surface area contributed by atoms with E-state index in [4.69, 9.17) is 0 Å². The second-order valence-corrected chi connectivity index (χ2v) is 5.46. The second-order valence-electron chi connectivity index (χ2n) is 5.46. The lowest BCUT2D eigenvalue weighted by atomic mass is 10.1. The van der Waals surface area contributed by atoms with Crippen molar-refractivity contribution >= 4 is 10.9 Å². The van der Waals surface area contributed by atoms with Crippen LogP contribution in [0.25, 0.3) is 10.9 Å². The molecule has 3 nitrogen and oxygen atoms in total. The average molecular weight is 297 g/mol. The number of hydrogen-bond donors (Lipinski definition) is 1. The highest BCUT2D eigenvalue weighted by atomic mass is 19.4. The van der Waals surface area contributed by atoms with Gasteiger partial charge in [-0.25, -0.2) is 0 Å². The van der Waals surface area contributed by atoms with Gasteiger partial charge in [0.2, 0.25) is 0 Å². The molecule has 6 heteroatoms. The van der Waals surface area contributed by atoms with E-state index in [0.717, 1.165) is 37.9 Å². The molecule has 1 aromatic carbocycles. The molecule has 0 radical (unpaired) electrons. The van der Waals surface area contributed by atoms with Gasteiger partial charge in [0.05, 0.1) is 11.1 Å². The minimum Gasteiger partial charge on any atom is -0.346 e. The summed E-state index contributed by atoms with van der Waals surface area (Å²) in [6.07, 6.45) is -4.32. The minimum absolute atomic E-state index is 0.273. The molecule has 3 rings (SSSR count). The van der Waals surface area contributed by atoms with Gasteiger partial charge in [-0.1, -0.05) is 12.1 Å². The standard InChI is InChI=1S/C15H18F3N3/c1-20-12(10-21-7-5-19-6-8-21)9-11-3-2-4-13(14(11)20)15(16,17)18/h2-4,9,19H,5-8,10H2,1H3. The van der Waals surface area contributed by atoms with Crippen molar-refractivity contribution in [3.8, 4) is 0 Å². The summed E-state index contributed by atoms with van der Waals surface area (Å²) in [5.74, 6) is 0. The first-order valence-electron chi connectivity index (χ1n) is 7.04. The Kier molecular flexibility index (Phi) is 3.67. The van der Waals surface area contributed by atoms with Crippen molar-refractivity contribution in [3.63, 3.8) is 0 Å². The lowest BCUT2D eigenvalue weighted by Crippen LogP contribution is -2.43. The van der Waals surface area contributed by atoms with Crippen LogP contribution in [-0.4, -0.2) is 35.6 Å². The zero-order valence-corrected chi connectivity index (χ0v) is 11.9. The van der Waals surface area contributed by atoms with E-state index in [1.165, 1.54) is 6.07 Å². The summed E-state index contributed by atoms with van der Waals surface area (Å²) in [4.78, 5) is 2.26. The van der Waals surface area contributed by atoms with Gasteiger partial charge in [0.25, 0.3) is 0 Å². The van der Waals surface area contributed by atoms with Gasteiger partial charge >= 0.3 is 6.18 Å². The number of halogens is 3. The number of hydrogen-bond acceptors (Lipinski definition) is 2. The van der Waals surface area contributed by atoms with Gasteiger partial charge in [0, 0.05) is 50.9 Å². The van der Waals surface area contributed by atoms with E-state index in [0.29, 0.717) is 11.9 Å². The number of alkyl halides is 3. The average Bonchev–Trinajstić information content (AvgIpc) is 2.76. The third-order valence-corrected chi connectivity index (χ3v) is 4.06. The molecule has 1 aromatic heterocycles. The molecule has 21 heavy (non-hydrogen) atoms. The maximum absolute atomic E-state index is 13.1. The van der Waals surface area contributed by atoms with Gasteiger partial charge < -0.3 is 9.88 Å². The van der Waals surface area contributed by atoms with Crippen LogP contribution in [0.4, 0.5) is 13.2 Å². The number of aromatic nitrogens is 1. The summed E-state index contributed by atoms with van der Waals surface area (Å²) in [5, 5.41) is 3.92. The molecule has 2 aromatic rings. The van der Waals surface area contributed by atoms with Gasteiger partial charge in [-0.15, -0.1) is 0 Å². The summed E-state index contributed by atoms with van der Waals surface area (Å²) in [6, 6.07) is 6.23. The highest BCUT2D eigenvalue weighted by Crippen LogP contribution is 2.35. The Hall–Kier alpha value is -1.53. The first kappa shape index (κ1) is 14.4. The number of nitrogens with one attached hydrogen (secondary N) is 1. The Labute approximate surface area is 121 Å². The molecule has 0 saturated carbocycles. The minimum atomic E-state index is -4.32. The highest BCUT2D eigenvalue weighted by molar-refractivity contribution is 5.85. The topological polar surface area (TPSA) is 20.2 Å². The van der Waals surface area contributed by atoms with Crippen LogP contribution in [0, 0.1) is 0 Å². The van der Waals surface area contributed by atoms with E-state index < -0.39 is 11.7 Å². The van der Waals surface area contributed by atoms with E-state index in [9.17, 15) is 13.2 Å². The van der Waals surface area contributed by atoms with Crippen molar-refractivity contribution < 1.29 is 13.2 Å². The number of para-hydroxylation sites is 1. The number of rotatable bonds is 2. The van der Waals surface area contributed by atoms with Crippen molar-refractivity contribution in [3.05, 3.63) is 35.5 Å². The smallest absolute Gasteiger partial charge is 0.346 e. The maximum Gasteiger partial charge on any atom is 0.418 e. The number of aryl methyl sites for hydroxylation is 1. The third-order valence-electron chi connectivity index (χ3n) is 4.06. The molecule has 0 amide bonds. The van der Waals surface area contributed by atoms with Crippen LogP contribution < -0.4 is 5.32 Å². The predicted molar refractivity (Wildman–Crippen MR) is 76.1 cm³/mol. The molecule has 2 heterocycles. The molecule has 1 aliphatic heterocycles. The molecule has 0 spiro atoms. The number of benzene rings is 1. The highest BCUT2D eigenvalue weighted by Gasteiger charge is 2.33. The Morgan fingerprint density at radius 1 is 1.19 bits per heavy atom. The predicted octanol–water partition coefficient (Wildman–Crippen LogP) is 2.60. The number of fused-ring (bicyclic) bond motifs is 1. The van der Waals surface area contributed by atoms with Crippen LogP contribution in [0.2, 0.25) is 0 Å². The van der Waals surface area contributed by atoms with Crippen LogP contribution >= 0.6 is 0 Å². The van der Waals surface area contributed by atoms with E-state index in [2.05, 4.69) is 10.2 Å². The molecule has 0 bridgehead atoms.